The van der Waals surface area contributed by atoms with Crippen LogP contribution in [-0.2, 0) is 14.4 Å². The Balaban J connectivity index is 2.88. The molecule has 96 valence electrons. The zero-order valence-electron chi connectivity index (χ0n) is 10.4. The van der Waals surface area contributed by atoms with Gasteiger partial charge in [-0.2, -0.15) is 0 Å². The maximum atomic E-state index is 12.1. The number of carbonyl (C=O) groups is 3. The highest BCUT2D eigenvalue weighted by Gasteiger charge is 2.37. The summed E-state index contributed by atoms with van der Waals surface area (Å²) >= 11 is 0. The Kier molecular flexibility index (Phi) is 4.22. The third-order valence-corrected chi connectivity index (χ3v) is 3.10. The normalized spacial score (nSPS) is 24.2. The Bertz CT molecular complexity index is 341. The van der Waals surface area contributed by atoms with Crippen molar-refractivity contribution >= 4 is 17.7 Å². The first-order valence-corrected chi connectivity index (χ1v) is 5.78. The van der Waals surface area contributed by atoms with Gasteiger partial charge in [-0.25, -0.2) is 0 Å². The van der Waals surface area contributed by atoms with E-state index in [2.05, 4.69) is 5.32 Å². The lowest BCUT2D eigenvalue weighted by molar-refractivity contribution is -0.152. The molecule has 1 aliphatic rings. The second kappa shape index (κ2) is 5.27. The smallest absolute Gasteiger partial charge is 0.249 e. The van der Waals surface area contributed by atoms with E-state index in [9.17, 15) is 14.4 Å². The van der Waals surface area contributed by atoms with Crippen LogP contribution in [-0.4, -0.2) is 41.2 Å². The maximum Gasteiger partial charge on any atom is 0.249 e. The van der Waals surface area contributed by atoms with Gasteiger partial charge in [0.05, 0.1) is 5.92 Å². The van der Waals surface area contributed by atoms with Crippen LogP contribution in [0.4, 0.5) is 0 Å². The summed E-state index contributed by atoms with van der Waals surface area (Å²) in [7, 11) is 0. The quantitative estimate of drug-likeness (QED) is 0.635. The van der Waals surface area contributed by atoms with Crippen molar-refractivity contribution in [2.24, 2.45) is 11.7 Å². The molecule has 1 fully saturated rings. The minimum atomic E-state index is -0.568. The Morgan fingerprint density at radius 2 is 2.12 bits per heavy atom. The first-order chi connectivity index (χ1) is 7.88. The predicted octanol–water partition coefficient (Wildman–Crippen LogP) is -0.767. The summed E-state index contributed by atoms with van der Waals surface area (Å²) in [5.74, 6) is -1.49. The molecule has 3 unspecified atom stereocenters. The minimum Gasteiger partial charge on any atom is -0.327 e. The number of piperazine rings is 1. The molecule has 1 saturated heterocycles. The number of hydrogen-bond donors (Lipinski definition) is 2. The van der Waals surface area contributed by atoms with Crippen LogP contribution in [0.1, 0.15) is 27.2 Å². The van der Waals surface area contributed by atoms with Gasteiger partial charge in [0.1, 0.15) is 12.6 Å². The van der Waals surface area contributed by atoms with Crippen LogP contribution in [0.15, 0.2) is 0 Å². The molecular weight excluding hydrogens is 222 g/mol. The molecule has 3 atom stereocenters. The van der Waals surface area contributed by atoms with E-state index < -0.39 is 23.8 Å². The van der Waals surface area contributed by atoms with Gasteiger partial charge >= 0.3 is 0 Å². The summed E-state index contributed by atoms with van der Waals surface area (Å²) in [6.07, 6.45) is 0.483. The minimum absolute atomic E-state index is 0.0693. The predicted molar refractivity (Wildman–Crippen MR) is 61.8 cm³/mol. The molecule has 3 amide bonds. The molecule has 0 aromatic heterocycles. The van der Waals surface area contributed by atoms with E-state index in [1.807, 2.05) is 0 Å². The Morgan fingerprint density at radius 1 is 1.53 bits per heavy atom. The number of nitrogens with two attached hydrogens (primary N) is 1. The first kappa shape index (κ1) is 13.6. The van der Waals surface area contributed by atoms with Gasteiger partial charge in [-0.1, -0.05) is 13.8 Å². The lowest BCUT2D eigenvalue weighted by Crippen LogP contribution is -2.61. The van der Waals surface area contributed by atoms with Gasteiger partial charge in [0.2, 0.25) is 17.7 Å². The third-order valence-electron chi connectivity index (χ3n) is 3.10. The third kappa shape index (κ3) is 2.82. The van der Waals surface area contributed by atoms with E-state index in [4.69, 9.17) is 5.73 Å². The highest BCUT2D eigenvalue weighted by molar-refractivity contribution is 6.04. The zero-order chi connectivity index (χ0) is 13.2. The van der Waals surface area contributed by atoms with Gasteiger partial charge < -0.3 is 10.6 Å². The molecule has 17 heavy (non-hydrogen) atoms. The molecule has 1 aliphatic heterocycles. The number of nitrogens with one attached hydrogen (secondary N) is 1. The number of hydrogen-bond acceptors (Lipinski definition) is 4. The van der Waals surface area contributed by atoms with Crippen LogP contribution in [0.5, 0.6) is 0 Å². The molecule has 0 radical (unpaired) electrons. The molecule has 0 bridgehead atoms. The van der Waals surface area contributed by atoms with Gasteiger partial charge in [0.15, 0.2) is 0 Å². The van der Waals surface area contributed by atoms with E-state index in [0.29, 0.717) is 6.42 Å². The van der Waals surface area contributed by atoms with Gasteiger partial charge in [0.25, 0.3) is 0 Å². The standard InChI is InChI=1S/C11H19N3O3/c1-4-8-10(16)13-9(15)5-14(8)11(17)6(2)7(3)12/h6-8H,4-5,12H2,1-3H3,(H,13,15,16). The summed E-state index contributed by atoms with van der Waals surface area (Å²) in [4.78, 5) is 36.3. The fourth-order valence-electron chi connectivity index (χ4n) is 1.79. The van der Waals surface area contributed by atoms with Crippen LogP contribution >= 0.6 is 0 Å². The molecule has 6 heteroatoms. The molecule has 6 nitrogen and oxygen atoms in total. The Labute approximate surface area is 101 Å². The number of amides is 3. The van der Waals surface area contributed by atoms with Gasteiger partial charge in [-0.3, -0.25) is 19.7 Å². The van der Waals surface area contributed by atoms with E-state index >= 15 is 0 Å². The van der Waals surface area contributed by atoms with Crippen molar-refractivity contribution in [3.05, 3.63) is 0 Å². The molecular formula is C11H19N3O3. The summed E-state index contributed by atoms with van der Waals surface area (Å²) in [6.45, 7) is 5.17. The van der Waals surface area contributed by atoms with E-state index in [-0.39, 0.29) is 18.5 Å². The first-order valence-electron chi connectivity index (χ1n) is 5.78. The lowest BCUT2D eigenvalue weighted by atomic mass is 10.00. The number of imide groups is 1. The number of carbonyl (C=O) groups excluding carboxylic acids is 3. The summed E-state index contributed by atoms with van der Waals surface area (Å²) in [6, 6.07) is -0.874. The van der Waals surface area contributed by atoms with Crippen molar-refractivity contribution in [2.45, 2.75) is 39.3 Å². The van der Waals surface area contributed by atoms with Crippen molar-refractivity contribution < 1.29 is 14.4 Å². The van der Waals surface area contributed by atoms with E-state index in [0.717, 1.165) is 0 Å². The van der Waals surface area contributed by atoms with Crippen LogP contribution in [0, 0.1) is 5.92 Å². The summed E-state index contributed by atoms with van der Waals surface area (Å²) < 4.78 is 0. The van der Waals surface area contributed by atoms with Gasteiger partial charge in [0, 0.05) is 6.04 Å². The fourth-order valence-corrected chi connectivity index (χ4v) is 1.79. The molecule has 3 N–H and O–H groups in total. The molecule has 1 heterocycles. The van der Waals surface area contributed by atoms with E-state index in [1.165, 1.54) is 4.90 Å². The SMILES string of the molecule is CCC1C(=O)NC(=O)CN1C(=O)C(C)C(C)N. The van der Waals surface area contributed by atoms with Crippen LogP contribution < -0.4 is 11.1 Å². The average Bonchev–Trinajstić information content (AvgIpc) is 2.25. The fraction of sp³-hybridized carbons (Fsp3) is 0.727. The molecule has 0 saturated carbocycles. The molecule has 0 aromatic carbocycles. The molecule has 0 aliphatic carbocycles. The molecule has 1 rings (SSSR count). The highest BCUT2D eigenvalue weighted by Crippen LogP contribution is 2.14. The lowest BCUT2D eigenvalue weighted by Gasteiger charge is -2.35. The maximum absolute atomic E-state index is 12.1. The van der Waals surface area contributed by atoms with Crippen molar-refractivity contribution in [3.63, 3.8) is 0 Å². The largest absolute Gasteiger partial charge is 0.327 e. The van der Waals surface area contributed by atoms with Gasteiger partial charge in [-0.15, -0.1) is 0 Å². The van der Waals surface area contributed by atoms with Crippen molar-refractivity contribution in [2.75, 3.05) is 6.54 Å². The highest BCUT2D eigenvalue weighted by atomic mass is 16.2. The zero-order valence-corrected chi connectivity index (χ0v) is 10.4. The van der Waals surface area contributed by atoms with Crippen molar-refractivity contribution in [1.29, 1.82) is 0 Å². The van der Waals surface area contributed by atoms with Crippen molar-refractivity contribution in [3.8, 4) is 0 Å². The summed E-state index contributed by atoms with van der Waals surface area (Å²) in [5.41, 5.74) is 5.67. The van der Waals surface area contributed by atoms with Gasteiger partial charge in [-0.05, 0) is 13.3 Å². The van der Waals surface area contributed by atoms with Crippen LogP contribution in [0.3, 0.4) is 0 Å². The Hall–Kier alpha value is -1.43. The summed E-state index contributed by atoms with van der Waals surface area (Å²) in [5, 5.41) is 2.23. The molecule has 0 spiro atoms. The number of nitrogens with zero attached hydrogens (tertiary/aromatic N) is 1. The van der Waals surface area contributed by atoms with E-state index in [1.54, 1.807) is 20.8 Å². The molecule has 0 aromatic rings. The Morgan fingerprint density at radius 3 is 2.59 bits per heavy atom. The van der Waals surface area contributed by atoms with Crippen molar-refractivity contribution in [1.82, 2.24) is 10.2 Å². The number of rotatable bonds is 3. The second-order valence-electron chi connectivity index (χ2n) is 4.45. The topological polar surface area (TPSA) is 92.5 Å². The van der Waals surface area contributed by atoms with Crippen LogP contribution in [0.25, 0.3) is 0 Å². The average molecular weight is 241 g/mol. The second-order valence-corrected chi connectivity index (χ2v) is 4.45. The monoisotopic (exact) mass is 241 g/mol. The van der Waals surface area contributed by atoms with Crippen LogP contribution in [0.2, 0.25) is 0 Å².